The fraction of sp³-hybridized carbons (Fsp3) is 0.944. The van der Waals surface area contributed by atoms with Crippen LogP contribution >= 0.6 is 0 Å². The SMILES string of the molecule is CCCC(CCC)C(=O)N(CCCN)C1CCCCCC1. The smallest absolute Gasteiger partial charge is 0.225 e. The van der Waals surface area contributed by atoms with Gasteiger partial charge in [-0.2, -0.15) is 0 Å². The first-order valence-electron chi connectivity index (χ1n) is 9.25. The average Bonchev–Trinajstić information content (AvgIpc) is 2.76. The zero-order valence-corrected chi connectivity index (χ0v) is 14.3. The Morgan fingerprint density at radius 3 is 2.14 bits per heavy atom. The van der Waals surface area contributed by atoms with Crippen molar-refractivity contribution in [3.05, 3.63) is 0 Å². The Hall–Kier alpha value is -0.570. The molecule has 0 aromatic rings. The average molecular weight is 296 g/mol. The standard InChI is InChI=1S/C18H36N2O/c1-3-10-16(11-4-2)18(21)20(15-9-14-19)17-12-7-5-6-8-13-17/h16-17H,3-15,19H2,1-2H3. The van der Waals surface area contributed by atoms with Crippen LogP contribution in [0.3, 0.4) is 0 Å². The largest absolute Gasteiger partial charge is 0.339 e. The van der Waals surface area contributed by atoms with Gasteiger partial charge in [-0.05, 0) is 38.6 Å². The van der Waals surface area contributed by atoms with Crippen LogP contribution in [0.2, 0.25) is 0 Å². The van der Waals surface area contributed by atoms with Crippen LogP contribution in [0.25, 0.3) is 0 Å². The van der Waals surface area contributed by atoms with Gasteiger partial charge in [0.25, 0.3) is 0 Å². The zero-order valence-electron chi connectivity index (χ0n) is 14.3. The molecule has 2 N–H and O–H groups in total. The molecule has 0 unspecified atom stereocenters. The van der Waals surface area contributed by atoms with Crippen molar-refractivity contribution in [2.45, 2.75) is 90.5 Å². The normalized spacial score (nSPS) is 17.0. The highest BCUT2D eigenvalue weighted by Gasteiger charge is 2.28. The van der Waals surface area contributed by atoms with E-state index in [1.54, 1.807) is 0 Å². The number of carbonyl (C=O) groups is 1. The maximum atomic E-state index is 13.0. The molecule has 0 aromatic heterocycles. The van der Waals surface area contributed by atoms with Gasteiger partial charge in [-0.15, -0.1) is 0 Å². The Balaban J connectivity index is 2.74. The lowest BCUT2D eigenvalue weighted by Gasteiger charge is -2.34. The van der Waals surface area contributed by atoms with Crippen molar-refractivity contribution in [3.8, 4) is 0 Å². The van der Waals surface area contributed by atoms with E-state index >= 15 is 0 Å². The second-order valence-electron chi connectivity index (χ2n) is 6.59. The second kappa shape index (κ2) is 11.1. The fourth-order valence-corrected chi connectivity index (χ4v) is 3.63. The number of hydrogen-bond acceptors (Lipinski definition) is 2. The maximum absolute atomic E-state index is 13.0. The molecule has 3 heteroatoms. The summed E-state index contributed by atoms with van der Waals surface area (Å²) in [6, 6.07) is 0.475. The minimum atomic E-state index is 0.237. The van der Waals surface area contributed by atoms with Crippen LogP contribution in [-0.2, 0) is 4.79 Å². The summed E-state index contributed by atoms with van der Waals surface area (Å²) in [7, 11) is 0. The second-order valence-corrected chi connectivity index (χ2v) is 6.59. The number of carbonyl (C=O) groups excluding carboxylic acids is 1. The highest BCUT2D eigenvalue weighted by molar-refractivity contribution is 5.79. The molecule has 0 atom stereocenters. The molecule has 0 spiro atoms. The molecule has 21 heavy (non-hydrogen) atoms. The van der Waals surface area contributed by atoms with Crippen molar-refractivity contribution >= 4 is 5.91 Å². The molecule has 1 aliphatic rings. The summed E-state index contributed by atoms with van der Waals surface area (Å²) in [5.74, 6) is 0.653. The zero-order chi connectivity index (χ0) is 15.5. The summed E-state index contributed by atoms with van der Waals surface area (Å²) >= 11 is 0. The van der Waals surface area contributed by atoms with E-state index in [1.165, 1.54) is 38.5 Å². The summed E-state index contributed by atoms with van der Waals surface area (Å²) in [4.78, 5) is 15.2. The predicted octanol–water partition coefficient (Wildman–Crippen LogP) is 4.10. The molecular formula is C18H36N2O. The van der Waals surface area contributed by atoms with E-state index in [1.807, 2.05) is 0 Å². The molecule has 3 nitrogen and oxygen atoms in total. The van der Waals surface area contributed by atoms with E-state index in [2.05, 4.69) is 18.7 Å². The van der Waals surface area contributed by atoms with Gasteiger partial charge in [0.2, 0.25) is 5.91 Å². The van der Waals surface area contributed by atoms with Crippen LogP contribution < -0.4 is 5.73 Å². The van der Waals surface area contributed by atoms with E-state index < -0.39 is 0 Å². The van der Waals surface area contributed by atoms with Crippen LogP contribution in [0.1, 0.15) is 84.5 Å². The molecule has 124 valence electrons. The highest BCUT2D eigenvalue weighted by atomic mass is 16.2. The molecular weight excluding hydrogens is 260 g/mol. The van der Waals surface area contributed by atoms with Crippen LogP contribution in [-0.4, -0.2) is 29.9 Å². The quantitative estimate of drug-likeness (QED) is 0.651. The monoisotopic (exact) mass is 296 g/mol. The molecule has 0 bridgehead atoms. The number of amides is 1. The first-order valence-corrected chi connectivity index (χ1v) is 9.25. The predicted molar refractivity (Wildman–Crippen MR) is 90.2 cm³/mol. The van der Waals surface area contributed by atoms with E-state index in [-0.39, 0.29) is 5.92 Å². The van der Waals surface area contributed by atoms with Gasteiger partial charge in [0, 0.05) is 18.5 Å². The van der Waals surface area contributed by atoms with E-state index in [4.69, 9.17) is 5.73 Å². The lowest BCUT2D eigenvalue weighted by Crippen LogP contribution is -2.44. The summed E-state index contributed by atoms with van der Waals surface area (Å²) in [5.41, 5.74) is 5.69. The first-order chi connectivity index (χ1) is 10.2. The Kier molecular flexibility index (Phi) is 9.73. The Labute approximate surface area is 131 Å². The fourth-order valence-electron chi connectivity index (χ4n) is 3.63. The van der Waals surface area contributed by atoms with Crippen molar-refractivity contribution in [2.24, 2.45) is 11.7 Å². The Morgan fingerprint density at radius 1 is 1.10 bits per heavy atom. The summed E-state index contributed by atoms with van der Waals surface area (Å²) < 4.78 is 0. The van der Waals surface area contributed by atoms with Crippen LogP contribution in [0.15, 0.2) is 0 Å². The summed E-state index contributed by atoms with van der Waals surface area (Å²) in [6.45, 7) is 5.92. The Morgan fingerprint density at radius 2 is 1.67 bits per heavy atom. The van der Waals surface area contributed by atoms with E-state index in [9.17, 15) is 4.79 Å². The van der Waals surface area contributed by atoms with Crippen LogP contribution in [0.5, 0.6) is 0 Å². The van der Waals surface area contributed by atoms with Gasteiger partial charge in [-0.25, -0.2) is 0 Å². The topological polar surface area (TPSA) is 46.3 Å². The maximum Gasteiger partial charge on any atom is 0.225 e. The lowest BCUT2D eigenvalue weighted by molar-refractivity contribution is -0.138. The molecule has 1 fully saturated rings. The van der Waals surface area contributed by atoms with Crippen LogP contribution in [0.4, 0.5) is 0 Å². The summed E-state index contributed by atoms with van der Waals surface area (Å²) in [5, 5.41) is 0. The third kappa shape index (κ3) is 6.37. The molecule has 1 saturated carbocycles. The molecule has 0 radical (unpaired) electrons. The molecule has 0 aliphatic heterocycles. The third-order valence-electron chi connectivity index (χ3n) is 4.78. The summed E-state index contributed by atoms with van der Waals surface area (Å²) in [6.07, 6.45) is 12.8. The van der Waals surface area contributed by atoms with Gasteiger partial charge in [-0.3, -0.25) is 4.79 Å². The van der Waals surface area contributed by atoms with Crippen molar-refractivity contribution in [1.29, 1.82) is 0 Å². The van der Waals surface area contributed by atoms with Crippen LogP contribution in [0, 0.1) is 5.92 Å². The van der Waals surface area contributed by atoms with Gasteiger partial charge in [-0.1, -0.05) is 52.4 Å². The van der Waals surface area contributed by atoms with Crippen molar-refractivity contribution in [1.82, 2.24) is 4.90 Å². The lowest BCUT2D eigenvalue weighted by atomic mass is 9.94. The van der Waals surface area contributed by atoms with Gasteiger partial charge in [0.1, 0.15) is 0 Å². The number of hydrogen-bond donors (Lipinski definition) is 1. The van der Waals surface area contributed by atoms with Gasteiger partial charge in [0.05, 0.1) is 0 Å². The van der Waals surface area contributed by atoms with Crippen molar-refractivity contribution in [3.63, 3.8) is 0 Å². The van der Waals surface area contributed by atoms with Crippen molar-refractivity contribution < 1.29 is 4.79 Å². The molecule has 0 heterocycles. The third-order valence-corrected chi connectivity index (χ3v) is 4.78. The van der Waals surface area contributed by atoms with E-state index in [0.717, 1.165) is 38.6 Å². The Bertz CT molecular complexity index is 266. The van der Waals surface area contributed by atoms with Gasteiger partial charge < -0.3 is 10.6 Å². The molecule has 0 saturated heterocycles. The number of rotatable bonds is 9. The minimum Gasteiger partial charge on any atom is -0.339 e. The minimum absolute atomic E-state index is 0.237. The van der Waals surface area contributed by atoms with Gasteiger partial charge >= 0.3 is 0 Å². The molecule has 0 aromatic carbocycles. The number of nitrogens with two attached hydrogens (primary N) is 1. The van der Waals surface area contributed by atoms with Crippen molar-refractivity contribution in [2.75, 3.05) is 13.1 Å². The first kappa shape index (κ1) is 18.5. The molecule has 1 aliphatic carbocycles. The van der Waals surface area contributed by atoms with Gasteiger partial charge in [0.15, 0.2) is 0 Å². The molecule has 1 rings (SSSR count). The molecule has 1 amide bonds. The number of nitrogens with zero attached hydrogens (tertiary/aromatic N) is 1. The highest BCUT2D eigenvalue weighted by Crippen LogP contribution is 2.25. The van der Waals surface area contributed by atoms with E-state index in [0.29, 0.717) is 18.5 Å².